The molecule has 16 heavy (non-hydrogen) atoms. The van der Waals surface area contributed by atoms with Gasteiger partial charge in [-0.25, -0.2) is 4.98 Å². The van der Waals surface area contributed by atoms with Crippen molar-refractivity contribution in [1.82, 2.24) is 9.97 Å². The number of nitrogens with one attached hydrogen (secondary N) is 1. The van der Waals surface area contributed by atoms with E-state index in [9.17, 15) is 4.79 Å². The van der Waals surface area contributed by atoms with Crippen LogP contribution in [0.3, 0.4) is 0 Å². The standard InChI is InChI=1S/C12H14N2O2/c1-3-4-11-13-10-6-5-8(16-2)7-9(10)12(15)14-11/h5-7H,3-4H2,1-2H3,(H,13,14,15). The molecule has 0 aliphatic carbocycles. The van der Waals surface area contributed by atoms with Crippen molar-refractivity contribution < 1.29 is 4.74 Å². The van der Waals surface area contributed by atoms with Gasteiger partial charge in [0, 0.05) is 6.42 Å². The SMILES string of the molecule is CCCc1nc2ccc(OC)cc2c(=O)[nH]1. The van der Waals surface area contributed by atoms with Crippen LogP contribution in [0.5, 0.6) is 5.75 Å². The molecular formula is C12H14N2O2. The highest BCUT2D eigenvalue weighted by Crippen LogP contribution is 2.16. The first-order valence-corrected chi connectivity index (χ1v) is 5.31. The lowest BCUT2D eigenvalue weighted by Gasteiger charge is -2.03. The molecule has 2 aromatic rings. The lowest BCUT2D eigenvalue weighted by atomic mass is 10.2. The number of hydrogen-bond donors (Lipinski definition) is 1. The summed E-state index contributed by atoms with van der Waals surface area (Å²) in [4.78, 5) is 19.0. The molecular weight excluding hydrogens is 204 g/mol. The van der Waals surface area contributed by atoms with Crippen molar-refractivity contribution in [3.8, 4) is 5.75 Å². The van der Waals surface area contributed by atoms with E-state index in [0.29, 0.717) is 16.7 Å². The second kappa shape index (κ2) is 4.35. The summed E-state index contributed by atoms with van der Waals surface area (Å²) in [5.74, 6) is 1.41. The molecule has 1 N–H and O–H groups in total. The topological polar surface area (TPSA) is 55.0 Å². The maximum Gasteiger partial charge on any atom is 0.258 e. The summed E-state index contributed by atoms with van der Waals surface area (Å²) in [6.45, 7) is 2.05. The highest BCUT2D eigenvalue weighted by Gasteiger charge is 2.04. The molecule has 0 saturated carbocycles. The van der Waals surface area contributed by atoms with Gasteiger partial charge in [0.1, 0.15) is 11.6 Å². The first-order valence-electron chi connectivity index (χ1n) is 5.31. The summed E-state index contributed by atoms with van der Waals surface area (Å²) in [6.07, 6.45) is 1.75. The number of methoxy groups -OCH3 is 1. The molecule has 1 aromatic carbocycles. The highest BCUT2D eigenvalue weighted by atomic mass is 16.5. The van der Waals surface area contributed by atoms with E-state index in [4.69, 9.17) is 4.74 Å². The Kier molecular flexibility index (Phi) is 2.90. The van der Waals surface area contributed by atoms with Gasteiger partial charge in [-0.05, 0) is 24.6 Å². The fourth-order valence-corrected chi connectivity index (χ4v) is 1.65. The molecule has 0 bridgehead atoms. The number of rotatable bonds is 3. The van der Waals surface area contributed by atoms with Crippen molar-refractivity contribution >= 4 is 10.9 Å². The second-order valence-electron chi connectivity index (χ2n) is 3.65. The Labute approximate surface area is 93.3 Å². The van der Waals surface area contributed by atoms with Gasteiger partial charge in [-0.3, -0.25) is 4.79 Å². The van der Waals surface area contributed by atoms with Crippen molar-refractivity contribution in [2.24, 2.45) is 0 Å². The predicted molar refractivity (Wildman–Crippen MR) is 62.9 cm³/mol. The number of aryl methyl sites for hydroxylation is 1. The lowest BCUT2D eigenvalue weighted by molar-refractivity contribution is 0.415. The third-order valence-corrected chi connectivity index (χ3v) is 2.45. The van der Waals surface area contributed by atoms with Crippen LogP contribution in [-0.2, 0) is 6.42 Å². The van der Waals surface area contributed by atoms with Gasteiger partial charge in [0.25, 0.3) is 5.56 Å². The van der Waals surface area contributed by atoms with E-state index in [2.05, 4.69) is 16.9 Å². The van der Waals surface area contributed by atoms with Gasteiger partial charge in [-0.15, -0.1) is 0 Å². The summed E-state index contributed by atoms with van der Waals surface area (Å²) in [5, 5.41) is 0.569. The van der Waals surface area contributed by atoms with Crippen molar-refractivity contribution in [3.05, 3.63) is 34.4 Å². The highest BCUT2D eigenvalue weighted by molar-refractivity contribution is 5.79. The molecule has 0 amide bonds. The van der Waals surface area contributed by atoms with Crippen LogP contribution in [0.2, 0.25) is 0 Å². The Balaban J connectivity index is 2.62. The largest absolute Gasteiger partial charge is 0.497 e. The molecule has 0 saturated heterocycles. The summed E-state index contributed by atoms with van der Waals surface area (Å²) >= 11 is 0. The third-order valence-electron chi connectivity index (χ3n) is 2.45. The van der Waals surface area contributed by atoms with Gasteiger partial charge in [0.05, 0.1) is 18.0 Å². The van der Waals surface area contributed by atoms with E-state index in [1.54, 1.807) is 13.2 Å². The average Bonchev–Trinajstić information content (AvgIpc) is 2.29. The molecule has 0 spiro atoms. The molecule has 1 heterocycles. The number of benzene rings is 1. The number of aromatic nitrogens is 2. The zero-order valence-electron chi connectivity index (χ0n) is 9.41. The minimum Gasteiger partial charge on any atom is -0.497 e. The van der Waals surface area contributed by atoms with Crippen LogP contribution < -0.4 is 10.3 Å². The quantitative estimate of drug-likeness (QED) is 0.855. The Bertz CT molecular complexity index is 560. The number of hydrogen-bond acceptors (Lipinski definition) is 3. The molecule has 4 heteroatoms. The minimum atomic E-state index is -0.104. The van der Waals surface area contributed by atoms with E-state index in [1.165, 1.54) is 0 Å². The van der Waals surface area contributed by atoms with E-state index in [1.807, 2.05) is 12.1 Å². The molecule has 4 nitrogen and oxygen atoms in total. The molecule has 0 aliphatic heterocycles. The molecule has 0 atom stereocenters. The van der Waals surface area contributed by atoms with Gasteiger partial charge in [0.2, 0.25) is 0 Å². The van der Waals surface area contributed by atoms with Crippen molar-refractivity contribution in [3.63, 3.8) is 0 Å². The third kappa shape index (κ3) is 1.91. The van der Waals surface area contributed by atoms with Gasteiger partial charge in [-0.2, -0.15) is 0 Å². The molecule has 0 radical (unpaired) electrons. The van der Waals surface area contributed by atoms with Crippen molar-refractivity contribution in [2.45, 2.75) is 19.8 Å². The Morgan fingerprint density at radius 3 is 2.94 bits per heavy atom. The maximum atomic E-state index is 11.8. The number of fused-ring (bicyclic) bond motifs is 1. The molecule has 1 aromatic heterocycles. The first kappa shape index (κ1) is 10.7. The van der Waals surface area contributed by atoms with Crippen LogP contribution in [0.4, 0.5) is 0 Å². The number of H-pyrrole nitrogens is 1. The van der Waals surface area contributed by atoms with Crippen LogP contribution in [0.1, 0.15) is 19.2 Å². The number of nitrogens with zero attached hydrogens (tertiary/aromatic N) is 1. The van der Waals surface area contributed by atoms with Gasteiger partial charge in [0.15, 0.2) is 0 Å². The van der Waals surface area contributed by atoms with Crippen LogP contribution in [0.25, 0.3) is 10.9 Å². The monoisotopic (exact) mass is 218 g/mol. The zero-order chi connectivity index (χ0) is 11.5. The molecule has 0 unspecified atom stereocenters. The fraction of sp³-hybridized carbons (Fsp3) is 0.333. The van der Waals surface area contributed by atoms with Crippen LogP contribution in [-0.4, -0.2) is 17.1 Å². The molecule has 0 aliphatic rings. The van der Waals surface area contributed by atoms with Crippen molar-refractivity contribution in [2.75, 3.05) is 7.11 Å². The lowest BCUT2D eigenvalue weighted by Crippen LogP contribution is -2.11. The number of ether oxygens (including phenoxy) is 1. The molecule has 2 rings (SSSR count). The molecule has 84 valence electrons. The van der Waals surface area contributed by atoms with Crippen molar-refractivity contribution in [1.29, 1.82) is 0 Å². The average molecular weight is 218 g/mol. The predicted octanol–water partition coefficient (Wildman–Crippen LogP) is 1.88. The van der Waals surface area contributed by atoms with E-state index in [-0.39, 0.29) is 5.56 Å². The zero-order valence-corrected chi connectivity index (χ0v) is 9.41. The minimum absolute atomic E-state index is 0.104. The summed E-state index contributed by atoms with van der Waals surface area (Å²) < 4.78 is 5.07. The van der Waals surface area contributed by atoms with Gasteiger partial charge in [-0.1, -0.05) is 6.92 Å². The molecule has 0 fully saturated rings. The van der Waals surface area contributed by atoms with E-state index < -0.39 is 0 Å². The Morgan fingerprint density at radius 1 is 1.44 bits per heavy atom. The Morgan fingerprint density at radius 2 is 2.25 bits per heavy atom. The van der Waals surface area contributed by atoms with Crippen LogP contribution in [0, 0.1) is 0 Å². The Hall–Kier alpha value is -1.84. The second-order valence-corrected chi connectivity index (χ2v) is 3.65. The van der Waals surface area contributed by atoms with E-state index in [0.717, 1.165) is 18.7 Å². The fourth-order valence-electron chi connectivity index (χ4n) is 1.65. The van der Waals surface area contributed by atoms with Gasteiger partial charge < -0.3 is 9.72 Å². The summed E-state index contributed by atoms with van der Waals surface area (Å²) in [5.41, 5.74) is 0.611. The maximum absolute atomic E-state index is 11.8. The smallest absolute Gasteiger partial charge is 0.258 e. The first-order chi connectivity index (χ1) is 7.74. The van der Waals surface area contributed by atoms with E-state index >= 15 is 0 Å². The van der Waals surface area contributed by atoms with Crippen LogP contribution in [0.15, 0.2) is 23.0 Å². The summed E-state index contributed by atoms with van der Waals surface area (Å²) in [6, 6.07) is 5.32. The number of aromatic amines is 1. The summed E-state index contributed by atoms with van der Waals surface area (Å²) in [7, 11) is 1.58. The van der Waals surface area contributed by atoms with Crippen LogP contribution >= 0.6 is 0 Å². The van der Waals surface area contributed by atoms with Gasteiger partial charge >= 0.3 is 0 Å². The normalized spacial score (nSPS) is 10.6.